The highest BCUT2D eigenvalue weighted by molar-refractivity contribution is 5.89. The Hall–Kier alpha value is -2.41. The molecule has 122 valence electrons. The van der Waals surface area contributed by atoms with Crippen LogP contribution in [0.1, 0.15) is 19.2 Å². The van der Waals surface area contributed by atoms with E-state index in [2.05, 4.69) is 15.3 Å². The summed E-state index contributed by atoms with van der Waals surface area (Å²) in [6.45, 7) is 2.80. The summed E-state index contributed by atoms with van der Waals surface area (Å²) in [6.07, 6.45) is 0.634. The molecule has 0 bridgehead atoms. The van der Waals surface area contributed by atoms with Gasteiger partial charge in [-0.2, -0.15) is 0 Å². The standard InChI is InChI=1S/C16H21N5O2/c1-2-18-16(23)13-7-10(17)9-21(13)15(22)8-14-19-11-5-3-4-6-12(11)20-14/h3-6,10,13H,2,7-9,17H2,1H3,(H,18,23)(H,19,20)/t10-,13-/m0/s1. The second-order valence-electron chi connectivity index (χ2n) is 5.83. The SMILES string of the molecule is CCNC(=O)[C@@H]1C[C@H](N)CN1C(=O)Cc1nc2ccccc2[nH]1. The molecule has 0 saturated carbocycles. The van der Waals surface area contributed by atoms with Crippen LogP contribution in [0.15, 0.2) is 24.3 Å². The minimum Gasteiger partial charge on any atom is -0.355 e. The van der Waals surface area contributed by atoms with Gasteiger partial charge in [-0.1, -0.05) is 12.1 Å². The van der Waals surface area contributed by atoms with Gasteiger partial charge in [0, 0.05) is 19.1 Å². The summed E-state index contributed by atoms with van der Waals surface area (Å²) in [4.78, 5) is 33.8. The molecule has 1 aromatic carbocycles. The van der Waals surface area contributed by atoms with Crippen molar-refractivity contribution in [3.8, 4) is 0 Å². The third-order valence-corrected chi connectivity index (χ3v) is 4.06. The van der Waals surface area contributed by atoms with Gasteiger partial charge in [0.25, 0.3) is 0 Å². The van der Waals surface area contributed by atoms with E-state index < -0.39 is 6.04 Å². The van der Waals surface area contributed by atoms with Crippen LogP contribution in [0.5, 0.6) is 0 Å². The molecule has 1 aromatic heterocycles. The van der Waals surface area contributed by atoms with E-state index in [0.29, 0.717) is 25.3 Å². The Morgan fingerprint density at radius 3 is 2.96 bits per heavy atom. The molecule has 1 aliphatic heterocycles. The monoisotopic (exact) mass is 315 g/mol. The van der Waals surface area contributed by atoms with Crippen molar-refractivity contribution in [3.05, 3.63) is 30.1 Å². The number of hydrogen-bond acceptors (Lipinski definition) is 4. The van der Waals surface area contributed by atoms with E-state index in [-0.39, 0.29) is 24.3 Å². The van der Waals surface area contributed by atoms with Crippen molar-refractivity contribution in [2.45, 2.75) is 31.8 Å². The van der Waals surface area contributed by atoms with Crippen LogP contribution < -0.4 is 11.1 Å². The third kappa shape index (κ3) is 3.19. The number of nitrogens with two attached hydrogens (primary N) is 1. The normalized spacial score (nSPS) is 20.9. The van der Waals surface area contributed by atoms with Gasteiger partial charge in [0.1, 0.15) is 11.9 Å². The molecular weight excluding hydrogens is 294 g/mol. The van der Waals surface area contributed by atoms with Gasteiger partial charge in [-0.25, -0.2) is 4.98 Å². The number of aromatic amines is 1. The van der Waals surface area contributed by atoms with E-state index in [1.807, 2.05) is 31.2 Å². The van der Waals surface area contributed by atoms with Crippen molar-refractivity contribution in [1.29, 1.82) is 0 Å². The largest absolute Gasteiger partial charge is 0.355 e. The van der Waals surface area contributed by atoms with Crippen LogP contribution in [0, 0.1) is 0 Å². The molecular formula is C16H21N5O2. The number of hydrogen-bond donors (Lipinski definition) is 3. The van der Waals surface area contributed by atoms with E-state index >= 15 is 0 Å². The highest BCUT2D eigenvalue weighted by atomic mass is 16.2. The Balaban J connectivity index is 1.74. The number of carbonyl (C=O) groups excluding carboxylic acids is 2. The van der Waals surface area contributed by atoms with E-state index in [1.54, 1.807) is 4.90 Å². The van der Waals surface area contributed by atoms with Crippen molar-refractivity contribution in [3.63, 3.8) is 0 Å². The molecule has 2 heterocycles. The number of fused-ring (bicyclic) bond motifs is 1. The number of imidazole rings is 1. The summed E-state index contributed by atoms with van der Waals surface area (Å²) >= 11 is 0. The van der Waals surface area contributed by atoms with Gasteiger partial charge in [0.2, 0.25) is 11.8 Å². The molecule has 3 rings (SSSR count). The maximum Gasteiger partial charge on any atom is 0.242 e. The highest BCUT2D eigenvalue weighted by Crippen LogP contribution is 2.19. The number of likely N-dealkylation sites (N-methyl/N-ethyl adjacent to an activating group) is 1. The molecule has 23 heavy (non-hydrogen) atoms. The maximum atomic E-state index is 12.6. The van der Waals surface area contributed by atoms with Gasteiger partial charge in [0.05, 0.1) is 17.5 Å². The van der Waals surface area contributed by atoms with Crippen molar-refractivity contribution in [1.82, 2.24) is 20.2 Å². The topological polar surface area (TPSA) is 104 Å². The molecule has 1 saturated heterocycles. The van der Waals surface area contributed by atoms with E-state index in [9.17, 15) is 9.59 Å². The number of carbonyl (C=O) groups is 2. The zero-order chi connectivity index (χ0) is 16.4. The zero-order valence-corrected chi connectivity index (χ0v) is 13.1. The zero-order valence-electron chi connectivity index (χ0n) is 13.1. The Morgan fingerprint density at radius 1 is 1.43 bits per heavy atom. The van der Waals surface area contributed by atoms with Crippen molar-refractivity contribution < 1.29 is 9.59 Å². The molecule has 1 aliphatic rings. The lowest BCUT2D eigenvalue weighted by molar-refractivity contribution is -0.138. The number of likely N-dealkylation sites (tertiary alicyclic amines) is 1. The maximum absolute atomic E-state index is 12.6. The van der Waals surface area contributed by atoms with Crippen molar-refractivity contribution >= 4 is 22.8 Å². The predicted octanol–water partition coefficient (Wildman–Crippen LogP) is 0.170. The van der Waals surface area contributed by atoms with Crippen LogP contribution in [-0.2, 0) is 16.0 Å². The van der Waals surface area contributed by atoms with Crippen LogP contribution >= 0.6 is 0 Å². The Labute approximate surface area is 134 Å². The number of nitrogens with zero attached hydrogens (tertiary/aromatic N) is 2. The van der Waals surface area contributed by atoms with Gasteiger partial charge in [0.15, 0.2) is 0 Å². The summed E-state index contributed by atoms with van der Waals surface area (Å²) < 4.78 is 0. The third-order valence-electron chi connectivity index (χ3n) is 4.06. The van der Waals surface area contributed by atoms with Gasteiger partial charge in [-0.3, -0.25) is 9.59 Å². The number of rotatable bonds is 4. The molecule has 0 radical (unpaired) electrons. The molecule has 0 unspecified atom stereocenters. The first kappa shape index (κ1) is 15.5. The molecule has 2 atom stereocenters. The Kier molecular flexibility index (Phi) is 4.29. The fourth-order valence-electron chi connectivity index (χ4n) is 3.02. The summed E-state index contributed by atoms with van der Waals surface area (Å²) in [5, 5.41) is 2.77. The van der Waals surface area contributed by atoms with Crippen LogP contribution in [-0.4, -0.2) is 51.9 Å². The van der Waals surface area contributed by atoms with Crippen LogP contribution in [0.25, 0.3) is 11.0 Å². The summed E-state index contributed by atoms with van der Waals surface area (Å²) in [5.74, 6) is 0.331. The summed E-state index contributed by atoms with van der Waals surface area (Å²) in [7, 11) is 0. The number of para-hydroxylation sites is 2. The second-order valence-corrected chi connectivity index (χ2v) is 5.83. The Bertz CT molecular complexity index is 693. The first-order chi connectivity index (χ1) is 11.1. The van der Waals surface area contributed by atoms with Crippen molar-refractivity contribution in [2.24, 2.45) is 5.73 Å². The molecule has 7 heteroatoms. The minimum absolute atomic E-state index is 0.131. The number of nitrogens with one attached hydrogen (secondary N) is 2. The molecule has 1 fully saturated rings. The van der Waals surface area contributed by atoms with Crippen LogP contribution in [0.2, 0.25) is 0 Å². The number of amides is 2. The van der Waals surface area contributed by atoms with Crippen LogP contribution in [0.4, 0.5) is 0 Å². The fraction of sp³-hybridized carbons (Fsp3) is 0.438. The molecule has 0 aliphatic carbocycles. The number of benzene rings is 1. The average Bonchev–Trinajstić information content (AvgIpc) is 3.10. The lowest BCUT2D eigenvalue weighted by Gasteiger charge is -2.23. The second kappa shape index (κ2) is 6.37. The molecule has 4 N–H and O–H groups in total. The van der Waals surface area contributed by atoms with Gasteiger partial charge in [-0.15, -0.1) is 0 Å². The van der Waals surface area contributed by atoms with Gasteiger partial charge >= 0.3 is 0 Å². The average molecular weight is 315 g/mol. The molecule has 2 aromatic rings. The highest BCUT2D eigenvalue weighted by Gasteiger charge is 2.37. The molecule has 7 nitrogen and oxygen atoms in total. The van der Waals surface area contributed by atoms with Gasteiger partial charge in [-0.05, 0) is 25.5 Å². The van der Waals surface area contributed by atoms with Gasteiger partial charge < -0.3 is 20.9 Å². The number of H-pyrrole nitrogens is 1. The van der Waals surface area contributed by atoms with Crippen LogP contribution in [0.3, 0.4) is 0 Å². The number of aromatic nitrogens is 2. The first-order valence-electron chi connectivity index (χ1n) is 7.85. The van der Waals surface area contributed by atoms with E-state index in [4.69, 9.17) is 5.73 Å². The van der Waals surface area contributed by atoms with Crippen molar-refractivity contribution in [2.75, 3.05) is 13.1 Å². The summed E-state index contributed by atoms with van der Waals surface area (Å²) in [5.41, 5.74) is 7.67. The smallest absolute Gasteiger partial charge is 0.242 e. The predicted molar refractivity (Wildman–Crippen MR) is 86.6 cm³/mol. The molecule has 2 amide bonds. The lowest BCUT2D eigenvalue weighted by Crippen LogP contribution is -2.46. The Morgan fingerprint density at radius 2 is 2.22 bits per heavy atom. The van der Waals surface area contributed by atoms with E-state index in [0.717, 1.165) is 11.0 Å². The quantitative estimate of drug-likeness (QED) is 0.748. The fourth-order valence-corrected chi connectivity index (χ4v) is 3.02. The first-order valence-corrected chi connectivity index (χ1v) is 7.85. The molecule has 0 spiro atoms. The van der Waals surface area contributed by atoms with E-state index in [1.165, 1.54) is 0 Å². The summed E-state index contributed by atoms with van der Waals surface area (Å²) in [6, 6.07) is 6.97. The lowest BCUT2D eigenvalue weighted by atomic mass is 10.1. The minimum atomic E-state index is -0.484.